The Balaban J connectivity index is 0.0000102. The van der Waals surface area contributed by atoms with Gasteiger partial charge in [0.25, 0.3) is 40.5 Å². The Kier molecular flexibility index (Phi) is 17.6. The van der Waals surface area contributed by atoms with Crippen LogP contribution in [0.15, 0.2) is 117 Å². The van der Waals surface area contributed by atoms with E-state index >= 15 is 0 Å². The number of nitrogens with one attached hydrogen (secondary N) is 3. The monoisotopic (exact) mass is 949 g/mol. The van der Waals surface area contributed by atoms with Crippen LogP contribution in [-0.4, -0.2) is 134 Å². The van der Waals surface area contributed by atoms with Gasteiger partial charge in [-0.15, -0.1) is 0 Å². The molecule has 4 unspecified atom stereocenters. The van der Waals surface area contributed by atoms with Crippen LogP contribution in [-0.2, 0) is 85.3 Å². The maximum atomic E-state index is 14.1. The molecule has 0 saturated heterocycles. The molecule has 0 aromatic heterocycles. The Morgan fingerprint density at radius 2 is 0.645 bits per heavy atom. The zero-order chi connectivity index (χ0) is 45.5. The molecule has 4 aromatic carbocycles. The van der Waals surface area contributed by atoms with Crippen molar-refractivity contribution in [3.8, 4) is 0 Å². The van der Waals surface area contributed by atoms with Crippen LogP contribution in [0, 0.1) is 0 Å². The van der Waals surface area contributed by atoms with E-state index in [9.17, 15) is 76.2 Å². The number of aliphatic carboxylic acids is 1. The number of amides is 3. The number of benzene rings is 4. The van der Waals surface area contributed by atoms with Gasteiger partial charge in [0.2, 0.25) is 17.7 Å². The first kappa shape index (κ1) is 51.7. The molecule has 62 heavy (non-hydrogen) atoms. The molecule has 4 rings (SSSR count). The van der Waals surface area contributed by atoms with Crippen molar-refractivity contribution in [1.82, 2.24) is 16.0 Å². The number of carboxylic acid groups (broad SMARTS) is 1. The van der Waals surface area contributed by atoms with Crippen LogP contribution >= 0.6 is 0 Å². The number of hydrogen-bond acceptors (Lipinski definition) is 13. The zero-order valence-electron chi connectivity index (χ0n) is 32.2. The van der Waals surface area contributed by atoms with Gasteiger partial charge in [-0.2, -0.15) is 33.7 Å². The third-order valence-electron chi connectivity index (χ3n) is 8.88. The van der Waals surface area contributed by atoms with Crippen molar-refractivity contribution < 1.29 is 76.2 Å². The Morgan fingerprint density at radius 3 is 0.903 bits per heavy atom. The number of carbonyl (C=O) groups excluding carboxylic acids is 3. The summed E-state index contributed by atoms with van der Waals surface area (Å²) in [5, 5.41) is 17.1. The molecular formula is C36H38N4NaO17S4. The molecule has 0 aliphatic heterocycles. The zero-order valence-corrected chi connectivity index (χ0v) is 37.5. The van der Waals surface area contributed by atoms with Gasteiger partial charge >= 0.3 is 5.97 Å². The van der Waals surface area contributed by atoms with Crippen LogP contribution in [0.1, 0.15) is 22.3 Å². The van der Waals surface area contributed by atoms with E-state index < -0.39 is 127 Å². The van der Waals surface area contributed by atoms with E-state index in [0.717, 1.165) is 48.5 Å². The van der Waals surface area contributed by atoms with Crippen LogP contribution < -0.4 is 21.7 Å². The summed E-state index contributed by atoms with van der Waals surface area (Å²) in [5.74, 6) is -4.68. The summed E-state index contributed by atoms with van der Waals surface area (Å²) >= 11 is 0. The number of carboxylic acids is 1. The van der Waals surface area contributed by atoms with Crippen LogP contribution in [0.2, 0.25) is 0 Å². The smallest absolute Gasteiger partial charge is 0.326 e. The molecule has 329 valence electrons. The van der Waals surface area contributed by atoms with Crippen LogP contribution in [0.25, 0.3) is 0 Å². The molecule has 0 saturated carbocycles. The van der Waals surface area contributed by atoms with Crippen molar-refractivity contribution in [1.29, 1.82) is 0 Å². The first-order valence-electron chi connectivity index (χ1n) is 17.4. The summed E-state index contributed by atoms with van der Waals surface area (Å²) in [6.07, 6.45) is -1.48. The van der Waals surface area contributed by atoms with Gasteiger partial charge in [0, 0.05) is 48.8 Å². The summed E-state index contributed by atoms with van der Waals surface area (Å²) in [6.45, 7) is 0. The van der Waals surface area contributed by atoms with Crippen LogP contribution in [0.4, 0.5) is 0 Å². The number of rotatable bonds is 19. The second-order valence-corrected chi connectivity index (χ2v) is 19.1. The fourth-order valence-electron chi connectivity index (χ4n) is 5.69. The van der Waals surface area contributed by atoms with Crippen molar-refractivity contribution in [2.45, 2.75) is 69.4 Å². The second kappa shape index (κ2) is 21.2. The Bertz CT molecular complexity index is 2720. The van der Waals surface area contributed by atoms with Gasteiger partial charge in [-0.3, -0.25) is 32.6 Å². The number of hydrogen-bond donors (Lipinski definition) is 9. The Hall–Kier alpha value is -4.64. The molecule has 4 aromatic rings. The summed E-state index contributed by atoms with van der Waals surface area (Å²) < 4.78 is 130. The number of carbonyl (C=O) groups is 4. The van der Waals surface area contributed by atoms with E-state index in [1.807, 2.05) is 0 Å². The minimum Gasteiger partial charge on any atom is -0.480 e. The predicted molar refractivity (Wildman–Crippen MR) is 217 cm³/mol. The van der Waals surface area contributed by atoms with E-state index in [2.05, 4.69) is 16.0 Å². The van der Waals surface area contributed by atoms with Gasteiger partial charge in [0.1, 0.15) is 18.1 Å². The fourth-order valence-corrected chi connectivity index (χ4v) is 7.61. The molecule has 21 nitrogen and oxygen atoms in total. The molecule has 1 radical (unpaired) electrons. The first-order chi connectivity index (χ1) is 28.2. The van der Waals surface area contributed by atoms with Crippen molar-refractivity contribution >= 4 is 93.7 Å². The van der Waals surface area contributed by atoms with Gasteiger partial charge in [-0.25, -0.2) is 4.79 Å². The molecule has 0 aliphatic carbocycles. The summed E-state index contributed by atoms with van der Waals surface area (Å²) in [5.41, 5.74) is 7.07. The Labute approximate surface area is 377 Å². The molecule has 26 heteroatoms. The molecule has 0 bridgehead atoms. The van der Waals surface area contributed by atoms with Crippen molar-refractivity contribution in [3.05, 3.63) is 119 Å². The Morgan fingerprint density at radius 1 is 0.419 bits per heavy atom. The molecule has 0 fully saturated rings. The molecule has 10 N–H and O–H groups in total. The molecule has 0 aliphatic rings. The summed E-state index contributed by atoms with van der Waals surface area (Å²) in [6, 6.07) is 11.5. The predicted octanol–water partition coefficient (Wildman–Crippen LogP) is -0.570. The van der Waals surface area contributed by atoms with E-state index in [1.54, 1.807) is 0 Å². The SMILES string of the molecule is NC(Cc1ccc(S(=O)(=O)O)cc1)C(=O)NC(Cc1ccc(S(=O)(=O)O)cc1)C(=O)NC(Cc1ccc(S(=O)(=O)O)cc1)C(=O)NC(Cc1ccc(S(=O)(=O)O)cc1)C(=O)O.[Na]. The summed E-state index contributed by atoms with van der Waals surface area (Å²) in [7, 11) is -18.4. The average molecular weight is 950 g/mol. The van der Waals surface area contributed by atoms with Crippen molar-refractivity contribution in [2.75, 3.05) is 0 Å². The normalized spacial score (nSPS) is 14.0. The summed E-state index contributed by atoms with van der Waals surface area (Å²) in [4.78, 5) is 51.7. The third kappa shape index (κ3) is 15.3. The molecule has 0 spiro atoms. The average Bonchev–Trinajstić information content (AvgIpc) is 3.16. The third-order valence-corrected chi connectivity index (χ3v) is 12.3. The first-order valence-corrected chi connectivity index (χ1v) is 23.1. The maximum absolute atomic E-state index is 14.1. The van der Waals surface area contributed by atoms with Gasteiger partial charge in [0.15, 0.2) is 0 Å². The van der Waals surface area contributed by atoms with Gasteiger partial charge in [-0.1, -0.05) is 48.5 Å². The maximum Gasteiger partial charge on any atom is 0.326 e. The van der Waals surface area contributed by atoms with E-state index in [-0.39, 0.29) is 52.7 Å². The number of nitrogens with two attached hydrogens (primary N) is 1. The molecule has 0 heterocycles. The minimum atomic E-state index is -4.64. The largest absolute Gasteiger partial charge is 0.480 e. The van der Waals surface area contributed by atoms with Gasteiger partial charge in [-0.05, 0) is 77.2 Å². The second-order valence-electron chi connectivity index (χ2n) is 13.4. The van der Waals surface area contributed by atoms with Gasteiger partial charge in [0.05, 0.1) is 25.6 Å². The fraction of sp³-hybridized carbons (Fsp3) is 0.222. The van der Waals surface area contributed by atoms with Crippen molar-refractivity contribution in [3.63, 3.8) is 0 Å². The molecular weight excluding hydrogens is 912 g/mol. The van der Waals surface area contributed by atoms with Crippen LogP contribution in [0.3, 0.4) is 0 Å². The molecule has 4 atom stereocenters. The quantitative estimate of drug-likeness (QED) is 0.0420. The standard InChI is InChI=1S/C36H38N4O17S4.Na/c37-29(17-21-1-9-25(10-2-21)58(46,47)48)33(41)38-30(18-22-3-11-26(12-4-22)59(49,50)51)34(42)39-31(19-23-5-13-27(14-6-23)60(52,53)54)35(43)40-32(36(44)45)20-24-7-15-28(16-8-24)61(55,56)57;/h1-16,29-32H,17-20,37H2,(H,38,41)(H,39,42)(H,40,43)(H,44,45)(H,46,47,48)(H,49,50,51)(H,52,53,54)(H,55,56,57);. The van der Waals surface area contributed by atoms with Crippen molar-refractivity contribution in [2.24, 2.45) is 5.73 Å². The minimum absolute atomic E-state index is 0. The van der Waals surface area contributed by atoms with E-state index in [4.69, 9.17) is 5.73 Å². The topological polar surface area (TPSA) is 368 Å². The van der Waals surface area contributed by atoms with Crippen LogP contribution in [0.5, 0.6) is 0 Å². The van der Waals surface area contributed by atoms with Gasteiger partial charge < -0.3 is 26.8 Å². The van der Waals surface area contributed by atoms with E-state index in [0.29, 0.717) is 5.56 Å². The van der Waals surface area contributed by atoms with E-state index in [1.165, 1.54) is 48.5 Å². The molecule has 3 amide bonds.